The minimum Gasteiger partial charge on any atom is -0.366 e. The largest absolute Gasteiger partial charge is 0.366 e. The molecule has 7 nitrogen and oxygen atoms in total. The quantitative estimate of drug-likeness (QED) is 0.596. The number of halogens is 1. The molecule has 2 aromatic carbocycles. The summed E-state index contributed by atoms with van der Waals surface area (Å²) in [7, 11) is 3.95. The number of amides is 1. The first-order valence-electron chi connectivity index (χ1n) is 11.7. The number of hydrogen-bond donors (Lipinski definition) is 0. The number of piperazine rings is 1. The standard InChI is InChI=1S/C26H29FN6O/c1-30(2)24-20-18-33(25(34)19-8-4-3-5-9-19)13-12-22(20)28-26(29-24)32-16-14-31(15-17-32)23-11-7-6-10-21(23)27/h3-11H,12-18H2,1-2H3. The minimum absolute atomic E-state index is 0.0318. The predicted octanol–water partition coefficient (Wildman–Crippen LogP) is 3.21. The summed E-state index contributed by atoms with van der Waals surface area (Å²) in [4.78, 5) is 30.9. The number of anilines is 3. The van der Waals surface area contributed by atoms with Crippen LogP contribution in [0, 0.1) is 5.82 Å². The SMILES string of the molecule is CN(C)c1nc(N2CCN(c3ccccc3F)CC2)nc2c1CN(C(=O)c1ccccc1)CC2. The van der Waals surface area contributed by atoms with Crippen LogP contribution in [0.3, 0.4) is 0 Å². The van der Waals surface area contributed by atoms with Crippen LogP contribution in [-0.4, -0.2) is 67.6 Å². The fraction of sp³-hybridized carbons (Fsp3) is 0.346. The highest BCUT2D eigenvalue weighted by molar-refractivity contribution is 5.94. The maximum Gasteiger partial charge on any atom is 0.254 e. The average Bonchev–Trinajstić information content (AvgIpc) is 2.88. The third-order valence-electron chi connectivity index (χ3n) is 6.51. The molecule has 1 aromatic heterocycles. The second-order valence-corrected chi connectivity index (χ2v) is 8.94. The molecule has 0 aliphatic carbocycles. The fourth-order valence-electron chi connectivity index (χ4n) is 4.69. The normalized spacial score (nSPS) is 15.8. The van der Waals surface area contributed by atoms with Gasteiger partial charge in [-0.1, -0.05) is 30.3 Å². The number of benzene rings is 2. The van der Waals surface area contributed by atoms with Crippen LogP contribution in [0.15, 0.2) is 54.6 Å². The number of fused-ring (bicyclic) bond motifs is 1. The van der Waals surface area contributed by atoms with Crippen molar-refractivity contribution in [1.82, 2.24) is 14.9 Å². The molecule has 2 aliphatic rings. The Labute approximate surface area is 199 Å². The summed E-state index contributed by atoms with van der Waals surface area (Å²) in [6.07, 6.45) is 0.694. The number of para-hydroxylation sites is 1. The maximum atomic E-state index is 14.2. The average molecular weight is 461 g/mol. The summed E-state index contributed by atoms with van der Waals surface area (Å²) in [5.41, 5.74) is 3.35. The molecule has 5 rings (SSSR count). The lowest BCUT2D eigenvalue weighted by molar-refractivity contribution is 0.0733. The molecule has 1 saturated heterocycles. The Kier molecular flexibility index (Phi) is 6.04. The Morgan fingerprint density at radius 2 is 1.56 bits per heavy atom. The third kappa shape index (κ3) is 4.27. The van der Waals surface area contributed by atoms with Crippen LogP contribution < -0.4 is 14.7 Å². The van der Waals surface area contributed by atoms with E-state index in [1.807, 2.05) is 66.4 Å². The number of aromatic nitrogens is 2. The Morgan fingerprint density at radius 1 is 0.882 bits per heavy atom. The van der Waals surface area contributed by atoms with Gasteiger partial charge in [0.1, 0.15) is 11.6 Å². The first kappa shape index (κ1) is 22.1. The van der Waals surface area contributed by atoms with E-state index in [4.69, 9.17) is 9.97 Å². The zero-order valence-corrected chi connectivity index (χ0v) is 19.6. The number of carbonyl (C=O) groups is 1. The van der Waals surface area contributed by atoms with Crippen LogP contribution in [0.2, 0.25) is 0 Å². The molecule has 176 valence electrons. The second kappa shape index (κ2) is 9.29. The molecule has 3 aromatic rings. The second-order valence-electron chi connectivity index (χ2n) is 8.94. The topological polar surface area (TPSA) is 55.8 Å². The summed E-state index contributed by atoms with van der Waals surface area (Å²) < 4.78 is 14.2. The zero-order valence-electron chi connectivity index (χ0n) is 19.6. The lowest BCUT2D eigenvalue weighted by atomic mass is 10.0. The van der Waals surface area contributed by atoms with E-state index in [1.165, 1.54) is 6.07 Å². The van der Waals surface area contributed by atoms with E-state index in [9.17, 15) is 9.18 Å². The maximum absolute atomic E-state index is 14.2. The van der Waals surface area contributed by atoms with E-state index in [1.54, 1.807) is 6.07 Å². The van der Waals surface area contributed by atoms with E-state index in [2.05, 4.69) is 9.80 Å². The molecule has 1 fully saturated rings. The van der Waals surface area contributed by atoms with Gasteiger partial charge in [-0.05, 0) is 24.3 Å². The molecular weight excluding hydrogens is 431 g/mol. The monoisotopic (exact) mass is 460 g/mol. The van der Waals surface area contributed by atoms with Crippen molar-refractivity contribution in [2.45, 2.75) is 13.0 Å². The molecule has 1 amide bonds. The molecule has 8 heteroatoms. The van der Waals surface area contributed by atoms with Crippen LogP contribution in [0.4, 0.5) is 21.8 Å². The first-order valence-corrected chi connectivity index (χ1v) is 11.7. The summed E-state index contributed by atoms with van der Waals surface area (Å²) in [6.45, 7) is 3.98. The van der Waals surface area contributed by atoms with E-state index >= 15 is 0 Å². The molecule has 0 unspecified atom stereocenters. The van der Waals surface area contributed by atoms with Crippen LogP contribution >= 0.6 is 0 Å². The van der Waals surface area contributed by atoms with Gasteiger partial charge in [0.25, 0.3) is 5.91 Å². The van der Waals surface area contributed by atoms with E-state index in [0.29, 0.717) is 49.8 Å². The summed E-state index contributed by atoms with van der Waals surface area (Å²) in [5, 5.41) is 0. The fourth-order valence-corrected chi connectivity index (χ4v) is 4.69. The molecular formula is C26H29FN6O. The van der Waals surface area contributed by atoms with Crippen molar-refractivity contribution in [1.29, 1.82) is 0 Å². The molecule has 0 spiro atoms. The summed E-state index contributed by atoms with van der Waals surface area (Å²) >= 11 is 0. The smallest absolute Gasteiger partial charge is 0.254 e. The highest BCUT2D eigenvalue weighted by atomic mass is 19.1. The van der Waals surface area contributed by atoms with Crippen molar-refractivity contribution in [3.05, 3.63) is 77.2 Å². The van der Waals surface area contributed by atoms with Gasteiger partial charge in [-0.25, -0.2) is 9.37 Å². The molecule has 34 heavy (non-hydrogen) atoms. The molecule has 0 saturated carbocycles. The lowest BCUT2D eigenvalue weighted by Gasteiger charge is -2.37. The number of nitrogens with zero attached hydrogens (tertiary/aromatic N) is 6. The van der Waals surface area contributed by atoms with Crippen molar-refractivity contribution in [3.63, 3.8) is 0 Å². The zero-order chi connectivity index (χ0) is 23.7. The highest BCUT2D eigenvalue weighted by Crippen LogP contribution is 2.29. The van der Waals surface area contributed by atoms with Crippen molar-refractivity contribution in [3.8, 4) is 0 Å². The van der Waals surface area contributed by atoms with Crippen molar-refractivity contribution in [2.75, 3.05) is 61.5 Å². The van der Waals surface area contributed by atoms with Gasteiger partial charge in [0.05, 0.1) is 17.9 Å². The van der Waals surface area contributed by atoms with Gasteiger partial charge in [-0.15, -0.1) is 0 Å². The van der Waals surface area contributed by atoms with E-state index < -0.39 is 0 Å². The van der Waals surface area contributed by atoms with Gasteiger partial charge >= 0.3 is 0 Å². The highest BCUT2D eigenvalue weighted by Gasteiger charge is 2.29. The van der Waals surface area contributed by atoms with Crippen LogP contribution in [-0.2, 0) is 13.0 Å². The molecule has 0 bridgehead atoms. The van der Waals surface area contributed by atoms with Crippen LogP contribution in [0.5, 0.6) is 0 Å². The van der Waals surface area contributed by atoms with Crippen LogP contribution in [0.1, 0.15) is 21.6 Å². The Morgan fingerprint density at radius 3 is 2.26 bits per heavy atom. The Bertz CT molecular complexity index is 1180. The molecule has 0 atom stereocenters. The van der Waals surface area contributed by atoms with Crippen molar-refractivity contribution >= 4 is 23.4 Å². The van der Waals surface area contributed by atoms with Gasteiger partial charge in [-0.2, -0.15) is 4.98 Å². The van der Waals surface area contributed by atoms with E-state index in [0.717, 1.165) is 30.2 Å². The van der Waals surface area contributed by atoms with Crippen molar-refractivity contribution < 1.29 is 9.18 Å². The molecule has 3 heterocycles. The molecule has 0 radical (unpaired) electrons. The van der Waals surface area contributed by atoms with Gasteiger partial charge in [0.2, 0.25) is 5.95 Å². The minimum atomic E-state index is -0.189. The summed E-state index contributed by atoms with van der Waals surface area (Å²) in [5.74, 6) is 1.40. The predicted molar refractivity (Wildman–Crippen MR) is 132 cm³/mol. The number of carbonyl (C=O) groups excluding carboxylic acids is 1. The number of hydrogen-bond acceptors (Lipinski definition) is 6. The molecule has 0 N–H and O–H groups in total. The Hall–Kier alpha value is -3.68. The lowest BCUT2D eigenvalue weighted by Crippen LogP contribution is -2.47. The van der Waals surface area contributed by atoms with Gasteiger partial charge in [-0.3, -0.25) is 4.79 Å². The van der Waals surface area contributed by atoms with Gasteiger partial charge in [0, 0.05) is 64.4 Å². The van der Waals surface area contributed by atoms with Gasteiger partial charge in [0.15, 0.2) is 0 Å². The van der Waals surface area contributed by atoms with Crippen LogP contribution in [0.25, 0.3) is 0 Å². The van der Waals surface area contributed by atoms with Gasteiger partial charge < -0.3 is 19.6 Å². The Balaban J connectivity index is 1.35. The van der Waals surface area contributed by atoms with E-state index in [-0.39, 0.29) is 11.7 Å². The molecule has 2 aliphatic heterocycles. The first-order chi connectivity index (χ1) is 16.5. The van der Waals surface area contributed by atoms with Crippen molar-refractivity contribution in [2.24, 2.45) is 0 Å². The summed E-state index contributed by atoms with van der Waals surface area (Å²) in [6, 6.07) is 16.3. The number of rotatable bonds is 4. The third-order valence-corrected chi connectivity index (χ3v) is 6.51.